The van der Waals surface area contributed by atoms with Crippen LogP contribution in [0.4, 0.5) is 0 Å². The van der Waals surface area contributed by atoms with Crippen molar-refractivity contribution in [3.63, 3.8) is 0 Å². The third-order valence-corrected chi connectivity index (χ3v) is 2.06. The van der Waals surface area contributed by atoms with Crippen molar-refractivity contribution in [2.75, 3.05) is 0 Å². The van der Waals surface area contributed by atoms with E-state index >= 15 is 0 Å². The minimum atomic E-state index is 0. The number of halogens is 1. The van der Waals surface area contributed by atoms with Crippen LogP contribution in [0, 0.1) is 5.41 Å². The van der Waals surface area contributed by atoms with Gasteiger partial charge in [-0.25, -0.2) is 0 Å². The molecule has 0 fully saturated rings. The summed E-state index contributed by atoms with van der Waals surface area (Å²) in [6.07, 6.45) is 1.02. The normalized spacial score (nSPS) is 13.1. The van der Waals surface area contributed by atoms with Crippen molar-refractivity contribution in [2.45, 2.75) is 33.2 Å². The first kappa shape index (κ1) is 13.5. The molecular weight excluding hydrogens is 194 g/mol. The van der Waals surface area contributed by atoms with Crippen LogP contribution in [0.3, 0.4) is 0 Å². The molecule has 0 aliphatic rings. The van der Waals surface area contributed by atoms with Crippen LogP contribution in [0.2, 0.25) is 0 Å². The van der Waals surface area contributed by atoms with Crippen molar-refractivity contribution in [3.05, 3.63) is 35.9 Å². The maximum atomic E-state index is 6.08. The lowest BCUT2D eigenvalue weighted by Crippen LogP contribution is -2.18. The molecule has 2 heteroatoms. The van der Waals surface area contributed by atoms with E-state index in [1.54, 1.807) is 0 Å². The second-order valence-electron chi connectivity index (χ2n) is 4.78. The third-order valence-electron chi connectivity index (χ3n) is 2.06. The van der Waals surface area contributed by atoms with Crippen LogP contribution < -0.4 is 5.73 Å². The second kappa shape index (κ2) is 5.38. The summed E-state index contributed by atoms with van der Waals surface area (Å²) in [7, 11) is 0. The Hall–Kier alpha value is -0.530. The van der Waals surface area contributed by atoms with Gasteiger partial charge in [0.2, 0.25) is 0 Å². The van der Waals surface area contributed by atoms with Crippen LogP contribution in [-0.4, -0.2) is 0 Å². The SMILES string of the molecule is CC(C)(C)C[C@H](N)c1ccccc1.Cl. The zero-order chi connectivity index (χ0) is 9.90. The topological polar surface area (TPSA) is 26.0 Å². The van der Waals surface area contributed by atoms with E-state index in [1.165, 1.54) is 5.56 Å². The Balaban J connectivity index is 0.00000169. The number of benzene rings is 1. The largest absolute Gasteiger partial charge is 0.324 e. The van der Waals surface area contributed by atoms with Crippen LogP contribution >= 0.6 is 12.4 Å². The van der Waals surface area contributed by atoms with Crippen LogP contribution in [0.5, 0.6) is 0 Å². The van der Waals surface area contributed by atoms with Gasteiger partial charge in [0, 0.05) is 6.04 Å². The van der Waals surface area contributed by atoms with E-state index in [4.69, 9.17) is 5.73 Å². The van der Waals surface area contributed by atoms with Crippen molar-refractivity contribution >= 4 is 12.4 Å². The quantitative estimate of drug-likeness (QED) is 0.799. The smallest absolute Gasteiger partial charge is 0.0299 e. The highest BCUT2D eigenvalue weighted by molar-refractivity contribution is 5.85. The van der Waals surface area contributed by atoms with Crippen LogP contribution in [0.15, 0.2) is 30.3 Å². The summed E-state index contributed by atoms with van der Waals surface area (Å²) in [4.78, 5) is 0. The van der Waals surface area contributed by atoms with Gasteiger partial charge in [0.05, 0.1) is 0 Å². The highest BCUT2D eigenvalue weighted by atomic mass is 35.5. The molecule has 0 unspecified atom stereocenters. The molecule has 0 amide bonds. The molecule has 2 N–H and O–H groups in total. The average molecular weight is 214 g/mol. The van der Waals surface area contributed by atoms with Crippen molar-refractivity contribution in [2.24, 2.45) is 11.1 Å². The zero-order valence-corrected chi connectivity index (χ0v) is 9.97. The molecule has 0 aromatic heterocycles. The van der Waals surface area contributed by atoms with Gasteiger partial charge in [-0.1, -0.05) is 51.1 Å². The molecule has 0 heterocycles. The lowest BCUT2D eigenvalue weighted by atomic mass is 9.86. The summed E-state index contributed by atoms with van der Waals surface area (Å²) >= 11 is 0. The van der Waals surface area contributed by atoms with Crippen molar-refractivity contribution in [3.8, 4) is 0 Å². The molecule has 1 aromatic rings. The maximum Gasteiger partial charge on any atom is 0.0299 e. The molecule has 0 bridgehead atoms. The predicted octanol–water partition coefficient (Wildman–Crippen LogP) is 3.54. The molecule has 1 nitrogen and oxygen atoms in total. The third kappa shape index (κ3) is 4.64. The van der Waals surface area contributed by atoms with Crippen molar-refractivity contribution < 1.29 is 0 Å². The Morgan fingerprint density at radius 1 is 1.14 bits per heavy atom. The minimum Gasteiger partial charge on any atom is -0.324 e. The first-order valence-electron chi connectivity index (χ1n) is 4.79. The molecule has 0 saturated carbocycles. The minimum absolute atomic E-state index is 0. The van der Waals surface area contributed by atoms with E-state index in [1.807, 2.05) is 18.2 Å². The van der Waals surface area contributed by atoms with E-state index < -0.39 is 0 Å². The number of rotatable bonds is 2. The van der Waals surface area contributed by atoms with Gasteiger partial charge in [0.15, 0.2) is 0 Å². The first-order valence-corrected chi connectivity index (χ1v) is 4.79. The standard InChI is InChI=1S/C12H19N.ClH/c1-12(2,3)9-11(13)10-7-5-4-6-8-10;/h4-8,11H,9,13H2,1-3H3;1H/t11-;/m0./s1. The number of hydrogen-bond acceptors (Lipinski definition) is 1. The van der Waals surface area contributed by atoms with Crippen LogP contribution in [-0.2, 0) is 0 Å². The molecule has 0 aliphatic heterocycles. The average Bonchev–Trinajstić information content (AvgIpc) is 2.03. The molecule has 14 heavy (non-hydrogen) atoms. The Morgan fingerprint density at radius 2 is 1.64 bits per heavy atom. The van der Waals surface area contributed by atoms with E-state index in [2.05, 4.69) is 32.9 Å². The molecule has 80 valence electrons. The fraction of sp³-hybridized carbons (Fsp3) is 0.500. The number of hydrogen-bond donors (Lipinski definition) is 1. The summed E-state index contributed by atoms with van der Waals surface area (Å²) in [5.74, 6) is 0. The monoisotopic (exact) mass is 213 g/mol. The molecular formula is C12H20ClN. The fourth-order valence-electron chi connectivity index (χ4n) is 1.48. The van der Waals surface area contributed by atoms with Gasteiger partial charge < -0.3 is 5.73 Å². The Labute approximate surface area is 93.1 Å². The van der Waals surface area contributed by atoms with E-state index in [9.17, 15) is 0 Å². The van der Waals surface area contributed by atoms with Crippen molar-refractivity contribution in [1.82, 2.24) is 0 Å². The van der Waals surface area contributed by atoms with Crippen LogP contribution in [0.25, 0.3) is 0 Å². The summed E-state index contributed by atoms with van der Waals surface area (Å²) in [5.41, 5.74) is 7.62. The van der Waals surface area contributed by atoms with Gasteiger partial charge in [0.1, 0.15) is 0 Å². The fourth-order valence-corrected chi connectivity index (χ4v) is 1.48. The lowest BCUT2D eigenvalue weighted by Gasteiger charge is -2.23. The first-order chi connectivity index (χ1) is 5.99. The summed E-state index contributed by atoms with van der Waals surface area (Å²) in [6.45, 7) is 6.65. The molecule has 1 rings (SSSR count). The Bertz CT molecular complexity index is 251. The summed E-state index contributed by atoms with van der Waals surface area (Å²) in [6, 6.07) is 10.5. The van der Waals surface area contributed by atoms with Gasteiger partial charge >= 0.3 is 0 Å². The zero-order valence-electron chi connectivity index (χ0n) is 9.16. The van der Waals surface area contributed by atoms with Crippen molar-refractivity contribution in [1.29, 1.82) is 0 Å². The summed E-state index contributed by atoms with van der Waals surface area (Å²) in [5, 5.41) is 0. The molecule has 1 aromatic carbocycles. The molecule has 0 saturated heterocycles. The van der Waals surface area contributed by atoms with Crippen LogP contribution in [0.1, 0.15) is 38.8 Å². The maximum absolute atomic E-state index is 6.08. The van der Waals surface area contributed by atoms with Gasteiger partial charge in [-0.15, -0.1) is 12.4 Å². The molecule has 0 aliphatic carbocycles. The van der Waals surface area contributed by atoms with Gasteiger partial charge in [-0.05, 0) is 17.4 Å². The molecule has 1 atom stereocenters. The molecule has 0 spiro atoms. The van der Waals surface area contributed by atoms with E-state index in [0.29, 0.717) is 5.41 Å². The van der Waals surface area contributed by atoms with Gasteiger partial charge in [-0.2, -0.15) is 0 Å². The Kier molecular flexibility index (Phi) is 5.17. The number of nitrogens with two attached hydrogens (primary N) is 1. The van der Waals surface area contributed by atoms with E-state index in [0.717, 1.165) is 6.42 Å². The summed E-state index contributed by atoms with van der Waals surface area (Å²) < 4.78 is 0. The highest BCUT2D eigenvalue weighted by Gasteiger charge is 2.16. The predicted molar refractivity (Wildman–Crippen MR) is 64.7 cm³/mol. The lowest BCUT2D eigenvalue weighted by molar-refractivity contribution is 0.343. The van der Waals surface area contributed by atoms with E-state index in [-0.39, 0.29) is 18.4 Å². The van der Waals surface area contributed by atoms with Gasteiger partial charge in [-0.3, -0.25) is 0 Å². The molecule has 0 radical (unpaired) electrons. The second-order valence-corrected chi connectivity index (χ2v) is 4.78. The highest BCUT2D eigenvalue weighted by Crippen LogP contribution is 2.27. The Morgan fingerprint density at radius 3 is 2.07 bits per heavy atom. The van der Waals surface area contributed by atoms with Gasteiger partial charge in [0.25, 0.3) is 0 Å².